The maximum absolute atomic E-state index is 8.36. The predicted octanol–water partition coefficient (Wildman–Crippen LogP) is 0.419. The second kappa shape index (κ2) is 9.66. The molecule has 0 saturated carbocycles. The number of aliphatic hydroxyl groups is 1. The molecule has 0 aliphatic rings. The van der Waals surface area contributed by atoms with Gasteiger partial charge in [-0.25, -0.2) is 0 Å². The van der Waals surface area contributed by atoms with Gasteiger partial charge in [0.25, 0.3) is 0 Å². The second-order valence-electron chi connectivity index (χ2n) is 2.06. The van der Waals surface area contributed by atoms with Crippen molar-refractivity contribution < 1.29 is 19.3 Å². The van der Waals surface area contributed by atoms with Crippen LogP contribution in [0.5, 0.6) is 0 Å². The highest BCUT2D eigenvalue weighted by Gasteiger charge is 1.99. The van der Waals surface area contributed by atoms with Gasteiger partial charge < -0.3 is 19.3 Å². The monoisotopic (exact) mass is 290 g/mol. The van der Waals surface area contributed by atoms with Crippen molar-refractivity contribution in [2.45, 2.75) is 4.11 Å². The number of halogens is 1. The van der Waals surface area contributed by atoms with Crippen LogP contribution in [-0.4, -0.2) is 49.4 Å². The molecule has 1 N–H and O–H groups in total. The standard InChI is InChI=1S/C7H15IO4/c1-10-7(8)6-12-5-4-11-3-2-9/h7,9H,2-6H2,1H3. The Hall–Kier alpha value is 0.570. The lowest BCUT2D eigenvalue weighted by Crippen LogP contribution is -2.14. The van der Waals surface area contributed by atoms with Crippen molar-refractivity contribution in [1.29, 1.82) is 0 Å². The molecule has 0 saturated heterocycles. The quantitative estimate of drug-likeness (QED) is 0.400. The molecule has 1 atom stereocenters. The van der Waals surface area contributed by atoms with E-state index in [4.69, 9.17) is 19.3 Å². The Bertz CT molecular complexity index is 91.5. The molecule has 4 nitrogen and oxygen atoms in total. The van der Waals surface area contributed by atoms with E-state index in [1.165, 1.54) is 0 Å². The number of methoxy groups -OCH3 is 1. The van der Waals surface area contributed by atoms with Crippen LogP contribution in [0, 0.1) is 0 Å². The summed E-state index contributed by atoms with van der Waals surface area (Å²) < 4.78 is 15.2. The average molecular weight is 290 g/mol. The van der Waals surface area contributed by atoms with E-state index in [2.05, 4.69) is 22.6 Å². The Balaban J connectivity index is 2.90. The van der Waals surface area contributed by atoms with Gasteiger partial charge in [-0.1, -0.05) is 0 Å². The molecular formula is C7H15IO4. The highest BCUT2D eigenvalue weighted by Crippen LogP contribution is 2.00. The zero-order valence-electron chi connectivity index (χ0n) is 7.16. The third-order valence-electron chi connectivity index (χ3n) is 1.11. The van der Waals surface area contributed by atoms with Gasteiger partial charge in [0.1, 0.15) is 4.11 Å². The first-order valence-corrected chi connectivity index (χ1v) is 4.99. The van der Waals surface area contributed by atoms with Crippen LogP contribution in [0.4, 0.5) is 0 Å². The number of ether oxygens (including phenoxy) is 3. The van der Waals surface area contributed by atoms with Crippen LogP contribution >= 0.6 is 22.6 Å². The molecule has 0 bridgehead atoms. The highest BCUT2D eigenvalue weighted by atomic mass is 127. The van der Waals surface area contributed by atoms with E-state index in [0.717, 1.165) is 0 Å². The van der Waals surface area contributed by atoms with E-state index in [9.17, 15) is 0 Å². The van der Waals surface area contributed by atoms with Crippen molar-refractivity contribution in [2.24, 2.45) is 0 Å². The van der Waals surface area contributed by atoms with Crippen molar-refractivity contribution in [3.8, 4) is 0 Å². The predicted molar refractivity (Wildman–Crippen MR) is 53.5 cm³/mol. The summed E-state index contributed by atoms with van der Waals surface area (Å²) in [5.74, 6) is 0. The molecular weight excluding hydrogens is 275 g/mol. The van der Waals surface area contributed by atoms with Gasteiger partial charge in [0, 0.05) is 7.11 Å². The maximum Gasteiger partial charge on any atom is 0.131 e. The summed E-state index contributed by atoms with van der Waals surface area (Å²) >= 11 is 2.15. The molecule has 1 unspecified atom stereocenters. The minimum Gasteiger partial charge on any atom is -0.394 e. The topological polar surface area (TPSA) is 47.9 Å². The lowest BCUT2D eigenvalue weighted by molar-refractivity contribution is 0.0118. The molecule has 0 rings (SSSR count). The van der Waals surface area contributed by atoms with Crippen molar-refractivity contribution in [1.82, 2.24) is 0 Å². The minimum absolute atomic E-state index is 0.0625. The molecule has 12 heavy (non-hydrogen) atoms. The van der Waals surface area contributed by atoms with E-state index < -0.39 is 0 Å². The van der Waals surface area contributed by atoms with Crippen LogP contribution in [-0.2, 0) is 14.2 Å². The van der Waals surface area contributed by atoms with Gasteiger partial charge in [-0.05, 0) is 22.6 Å². The number of rotatable bonds is 8. The lowest BCUT2D eigenvalue weighted by Gasteiger charge is -2.08. The fourth-order valence-corrected chi connectivity index (χ4v) is 0.783. The van der Waals surface area contributed by atoms with Crippen LogP contribution in [0.1, 0.15) is 0 Å². The van der Waals surface area contributed by atoms with Crippen molar-refractivity contribution in [3.05, 3.63) is 0 Å². The fourth-order valence-electron chi connectivity index (χ4n) is 0.528. The number of aliphatic hydroxyl groups excluding tert-OH is 1. The van der Waals surface area contributed by atoms with Gasteiger partial charge >= 0.3 is 0 Å². The molecule has 0 aliphatic carbocycles. The summed E-state index contributed by atoms with van der Waals surface area (Å²) in [6.07, 6.45) is 0. The molecule has 0 heterocycles. The molecule has 0 amide bonds. The molecule has 0 aromatic heterocycles. The molecule has 5 heteroatoms. The van der Waals surface area contributed by atoms with Crippen molar-refractivity contribution in [3.63, 3.8) is 0 Å². The molecule has 0 aromatic rings. The van der Waals surface area contributed by atoms with Crippen LogP contribution < -0.4 is 0 Å². The first-order valence-electron chi connectivity index (χ1n) is 3.74. The van der Waals surface area contributed by atoms with Crippen molar-refractivity contribution >= 4 is 22.6 Å². The zero-order valence-corrected chi connectivity index (χ0v) is 9.32. The van der Waals surface area contributed by atoms with Gasteiger partial charge in [0.15, 0.2) is 0 Å². The van der Waals surface area contributed by atoms with Crippen LogP contribution in [0.15, 0.2) is 0 Å². The summed E-state index contributed by atoms with van der Waals surface area (Å²) in [6, 6.07) is 0. The Kier molecular flexibility index (Phi) is 10.1. The number of hydrogen-bond donors (Lipinski definition) is 1. The maximum atomic E-state index is 8.36. The SMILES string of the molecule is COC(I)COCCOCCO. The third-order valence-corrected chi connectivity index (χ3v) is 1.98. The molecule has 0 spiro atoms. The second-order valence-corrected chi connectivity index (χ2v) is 3.45. The van der Waals surface area contributed by atoms with Gasteiger partial charge in [-0.2, -0.15) is 0 Å². The van der Waals surface area contributed by atoms with E-state index >= 15 is 0 Å². The van der Waals surface area contributed by atoms with Crippen molar-refractivity contribution in [2.75, 3.05) is 40.1 Å². The van der Waals surface area contributed by atoms with Gasteiger partial charge in [0.2, 0.25) is 0 Å². The number of alkyl halides is 1. The summed E-state index contributed by atoms with van der Waals surface area (Å²) in [6.45, 7) is 2.07. The normalized spacial score (nSPS) is 13.2. The first kappa shape index (κ1) is 12.6. The van der Waals surface area contributed by atoms with E-state index in [0.29, 0.717) is 26.4 Å². The Morgan fingerprint density at radius 1 is 1.25 bits per heavy atom. The van der Waals surface area contributed by atoms with Crippen LogP contribution in [0.25, 0.3) is 0 Å². The van der Waals surface area contributed by atoms with E-state index in [1.54, 1.807) is 7.11 Å². The Morgan fingerprint density at radius 2 is 1.92 bits per heavy atom. The summed E-state index contributed by atoms with van der Waals surface area (Å²) in [5.41, 5.74) is 0. The fraction of sp³-hybridized carbons (Fsp3) is 1.00. The van der Waals surface area contributed by atoms with E-state index in [-0.39, 0.29) is 10.7 Å². The molecule has 0 aliphatic heterocycles. The Labute approximate surface area is 86.3 Å². The molecule has 0 fully saturated rings. The van der Waals surface area contributed by atoms with Gasteiger partial charge in [0.05, 0.1) is 33.0 Å². The van der Waals surface area contributed by atoms with Gasteiger partial charge in [-0.15, -0.1) is 0 Å². The highest BCUT2D eigenvalue weighted by molar-refractivity contribution is 14.1. The van der Waals surface area contributed by atoms with Crippen LogP contribution in [0.2, 0.25) is 0 Å². The summed E-state index contributed by atoms with van der Waals surface area (Å²) in [4.78, 5) is 0. The lowest BCUT2D eigenvalue weighted by atomic mass is 10.7. The largest absolute Gasteiger partial charge is 0.394 e. The minimum atomic E-state index is 0.0625. The zero-order chi connectivity index (χ0) is 9.23. The number of hydrogen-bond acceptors (Lipinski definition) is 4. The average Bonchev–Trinajstić information content (AvgIpc) is 2.10. The molecule has 0 aromatic carbocycles. The molecule has 0 radical (unpaired) electrons. The Morgan fingerprint density at radius 3 is 2.50 bits per heavy atom. The van der Waals surface area contributed by atoms with Crippen LogP contribution in [0.3, 0.4) is 0 Å². The third kappa shape index (κ3) is 8.66. The van der Waals surface area contributed by atoms with Gasteiger partial charge in [-0.3, -0.25) is 0 Å². The molecule has 74 valence electrons. The van der Waals surface area contributed by atoms with E-state index in [1.807, 2.05) is 0 Å². The first-order chi connectivity index (χ1) is 5.81. The summed E-state index contributed by atoms with van der Waals surface area (Å²) in [5, 5.41) is 8.36. The summed E-state index contributed by atoms with van der Waals surface area (Å²) in [7, 11) is 1.64. The smallest absolute Gasteiger partial charge is 0.131 e.